The second-order valence-corrected chi connectivity index (χ2v) is 10.7. The molecule has 5 rings (SSSR count). The zero-order valence-electron chi connectivity index (χ0n) is 22.6. The van der Waals surface area contributed by atoms with Crippen LogP contribution in [-0.4, -0.2) is 60.3 Å². The third-order valence-electron chi connectivity index (χ3n) is 6.55. The number of halogens is 1. The van der Waals surface area contributed by atoms with Crippen molar-refractivity contribution in [3.05, 3.63) is 66.0 Å². The van der Waals surface area contributed by atoms with Crippen LogP contribution in [0.15, 0.2) is 48.9 Å². The number of hydrogen-bond acceptors (Lipinski definition) is 8. The maximum Gasteiger partial charge on any atom is 0.410 e. The number of ether oxygens (including phenoxy) is 1. The summed E-state index contributed by atoms with van der Waals surface area (Å²) in [6.45, 7) is 6.87. The van der Waals surface area contributed by atoms with Gasteiger partial charge < -0.3 is 20.7 Å². The van der Waals surface area contributed by atoms with Gasteiger partial charge in [-0.3, -0.25) is 4.79 Å². The molecule has 1 saturated heterocycles. The molecule has 3 aromatic heterocycles. The number of aromatic nitrogens is 5. The van der Waals surface area contributed by atoms with Gasteiger partial charge in [-0.25, -0.2) is 28.8 Å². The van der Waals surface area contributed by atoms with Crippen LogP contribution in [-0.2, 0) is 11.3 Å². The van der Waals surface area contributed by atoms with E-state index in [1.54, 1.807) is 4.90 Å². The van der Waals surface area contributed by atoms with Crippen LogP contribution >= 0.6 is 0 Å². The molecule has 1 aromatic carbocycles. The van der Waals surface area contributed by atoms with Crippen LogP contribution < -0.4 is 11.1 Å². The predicted molar refractivity (Wildman–Crippen MR) is 147 cm³/mol. The van der Waals surface area contributed by atoms with E-state index in [0.717, 1.165) is 30.2 Å². The van der Waals surface area contributed by atoms with E-state index in [9.17, 15) is 14.0 Å². The Morgan fingerprint density at radius 2 is 1.90 bits per heavy atom. The molecule has 4 aromatic rings. The van der Waals surface area contributed by atoms with E-state index in [4.69, 9.17) is 15.6 Å². The highest BCUT2D eigenvalue weighted by Gasteiger charge is 2.31. The monoisotopic (exact) mass is 546 g/mol. The minimum atomic E-state index is -0.579. The number of amides is 2. The predicted octanol–water partition coefficient (Wildman–Crippen LogP) is 4.11. The van der Waals surface area contributed by atoms with Gasteiger partial charge in [0.1, 0.15) is 35.0 Å². The van der Waals surface area contributed by atoms with Crippen molar-refractivity contribution in [2.24, 2.45) is 0 Å². The number of nitrogens with two attached hydrogens (primary N) is 1. The van der Waals surface area contributed by atoms with Crippen LogP contribution in [0.3, 0.4) is 0 Å². The van der Waals surface area contributed by atoms with Crippen molar-refractivity contribution >= 4 is 28.9 Å². The summed E-state index contributed by atoms with van der Waals surface area (Å²) in [4.78, 5) is 39.3. The molecule has 0 spiro atoms. The first-order chi connectivity index (χ1) is 19.1. The quantitative estimate of drug-likeness (QED) is 0.381. The number of piperidine rings is 1. The van der Waals surface area contributed by atoms with Crippen LogP contribution in [0.4, 0.5) is 15.0 Å². The molecule has 0 saturated carbocycles. The lowest BCUT2D eigenvalue weighted by Gasteiger charge is -2.34. The maximum absolute atomic E-state index is 13.1. The van der Waals surface area contributed by atoms with Crippen LogP contribution in [0.1, 0.15) is 55.7 Å². The van der Waals surface area contributed by atoms with E-state index in [2.05, 4.69) is 20.3 Å². The van der Waals surface area contributed by atoms with Gasteiger partial charge in [-0.2, -0.15) is 5.10 Å². The Morgan fingerprint density at radius 1 is 1.12 bits per heavy atom. The third kappa shape index (κ3) is 5.85. The van der Waals surface area contributed by atoms with Crippen molar-refractivity contribution < 1.29 is 18.7 Å². The lowest BCUT2D eigenvalue weighted by molar-refractivity contribution is 0.0169. The van der Waals surface area contributed by atoms with E-state index in [1.165, 1.54) is 18.5 Å². The van der Waals surface area contributed by atoms with Crippen molar-refractivity contribution in [2.75, 3.05) is 18.8 Å². The number of likely N-dealkylation sites (tertiary alicyclic amines) is 1. The molecular weight excluding hydrogens is 515 g/mol. The van der Waals surface area contributed by atoms with Gasteiger partial charge in [-0.1, -0.05) is 24.3 Å². The smallest absolute Gasteiger partial charge is 0.410 e. The highest BCUT2D eigenvalue weighted by atomic mass is 19.1. The third-order valence-corrected chi connectivity index (χ3v) is 6.55. The maximum atomic E-state index is 13.1. The van der Waals surface area contributed by atoms with Crippen LogP contribution in [0.5, 0.6) is 0 Å². The summed E-state index contributed by atoms with van der Waals surface area (Å²) in [6.07, 6.45) is 3.69. The highest BCUT2D eigenvalue weighted by molar-refractivity contribution is 5.98. The van der Waals surface area contributed by atoms with Gasteiger partial charge in [-0.15, -0.1) is 0 Å². The number of anilines is 1. The van der Waals surface area contributed by atoms with Gasteiger partial charge in [0.15, 0.2) is 5.65 Å². The number of nitrogen functional groups attached to an aromatic ring is 1. The van der Waals surface area contributed by atoms with Gasteiger partial charge in [0.25, 0.3) is 5.91 Å². The van der Waals surface area contributed by atoms with Gasteiger partial charge in [0.2, 0.25) is 0 Å². The number of nitrogens with one attached hydrogen (secondary N) is 1. The van der Waals surface area contributed by atoms with E-state index in [-0.39, 0.29) is 24.4 Å². The fourth-order valence-corrected chi connectivity index (χ4v) is 4.66. The summed E-state index contributed by atoms with van der Waals surface area (Å²) in [5, 5.41) is 8.33. The van der Waals surface area contributed by atoms with E-state index in [1.807, 2.05) is 49.7 Å². The van der Waals surface area contributed by atoms with Crippen LogP contribution in [0.2, 0.25) is 0 Å². The molecule has 4 heterocycles. The summed E-state index contributed by atoms with van der Waals surface area (Å²) >= 11 is 0. The summed E-state index contributed by atoms with van der Waals surface area (Å²) in [7, 11) is 0. The zero-order chi connectivity index (χ0) is 28.4. The van der Waals surface area contributed by atoms with Crippen molar-refractivity contribution in [3.8, 4) is 11.3 Å². The molecule has 0 aliphatic carbocycles. The molecule has 1 atom stereocenters. The molecule has 3 N–H and O–H groups in total. The lowest BCUT2D eigenvalue weighted by Crippen LogP contribution is -2.43. The number of nitrogens with zero attached hydrogens (tertiary/aromatic N) is 6. The average Bonchev–Trinajstić information content (AvgIpc) is 3.33. The number of benzene rings is 1. The fourth-order valence-electron chi connectivity index (χ4n) is 4.66. The molecule has 1 fully saturated rings. The van der Waals surface area contributed by atoms with Crippen molar-refractivity contribution in [3.63, 3.8) is 0 Å². The van der Waals surface area contributed by atoms with Crippen LogP contribution in [0.25, 0.3) is 22.3 Å². The molecule has 12 heteroatoms. The topological polar surface area (TPSA) is 141 Å². The van der Waals surface area contributed by atoms with Gasteiger partial charge >= 0.3 is 6.09 Å². The molecule has 2 amide bonds. The summed E-state index contributed by atoms with van der Waals surface area (Å²) in [5.74, 6) is -0.585. The number of carbonyl (C=O) groups is 2. The SMILES string of the molecule is CC(C)(C)OC(=O)N1CCC[C@@H](n2nc(-c3ccc(CNC(=O)c4ccc(F)cn4)cc3)c3c(N)ncnc32)C1. The average molecular weight is 547 g/mol. The molecule has 208 valence electrons. The molecule has 0 bridgehead atoms. The van der Waals surface area contributed by atoms with Crippen molar-refractivity contribution in [2.45, 2.75) is 51.8 Å². The van der Waals surface area contributed by atoms with Gasteiger partial charge in [0.05, 0.1) is 17.6 Å². The number of hydrogen-bond donors (Lipinski definition) is 2. The molecule has 40 heavy (non-hydrogen) atoms. The summed E-state index contributed by atoms with van der Waals surface area (Å²) in [6, 6.07) is 9.96. The second kappa shape index (κ2) is 10.9. The zero-order valence-corrected chi connectivity index (χ0v) is 22.6. The molecule has 1 aliphatic heterocycles. The Balaban J connectivity index is 1.36. The van der Waals surface area contributed by atoms with Gasteiger partial charge in [0, 0.05) is 25.2 Å². The Labute approximate surface area is 230 Å². The van der Waals surface area contributed by atoms with E-state index >= 15 is 0 Å². The first-order valence-corrected chi connectivity index (χ1v) is 13.0. The first kappa shape index (κ1) is 27.0. The Hall–Kier alpha value is -4.61. The molecule has 1 aliphatic rings. The molecule has 0 unspecified atom stereocenters. The summed E-state index contributed by atoms with van der Waals surface area (Å²) in [5.41, 5.74) is 8.74. The standard InChI is InChI=1S/C28H31FN8O3/c1-28(2,3)40-27(39)36-12-4-5-20(15-36)37-25-22(24(30)33-16-34-25)23(35-37)18-8-6-17(7-9-18)13-32-26(38)21-11-10-19(29)14-31-21/h6-11,14,16,20H,4-5,12-13,15H2,1-3H3,(H,32,38)(H2,30,33,34)/t20-/m1/s1. The highest BCUT2D eigenvalue weighted by Crippen LogP contribution is 2.34. The Bertz CT molecular complexity index is 1530. The van der Waals surface area contributed by atoms with E-state index in [0.29, 0.717) is 35.6 Å². The normalized spacial score (nSPS) is 15.7. The Morgan fingerprint density at radius 3 is 2.60 bits per heavy atom. The first-order valence-electron chi connectivity index (χ1n) is 13.0. The number of fused-ring (bicyclic) bond motifs is 1. The Kier molecular flexibility index (Phi) is 7.33. The second-order valence-electron chi connectivity index (χ2n) is 10.7. The van der Waals surface area contributed by atoms with Gasteiger partial charge in [-0.05, 0) is 51.3 Å². The lowest BCUT2D eigenvalue weighted by atomic mass is 10.1. The minimum Gasteiger partial charge on any atom is -0.444 e. The van der Waals surface area contributed by atoms with Crippen molar-refractivity contribution in [1.29, 1.82) is 0 Å². The van der Waals surface area contributed by atoms with Crippen LogP contribution in [0, 0.1) is 5.82 Å². The van der Waals surface area contributed by atoms with Crippen molar-refractivity contribution in [1.82, 2.24) is 34.9 Å². The molecule has 0 radical (unpaired) electrons. The molecular formula is C28H31FN8O3. The number of carbonyl (C=O) groups excluding carboxylic acids is 2. The number of rotatable bonds is 5. The summed E-state index contributed by atoms with van der Waals surface area (Å²) < 4.78 is 20.5. The largest absolute Gasteiger partial charge is 0.444 e. The number of pyridine rings is 1. The van der Waals surface area contributed by atoms with E-state index < -0.39 is 17.3 Å². The molecule has 11 nitrogen and oxygen atoms in total. The fraction of sp³-hybridized carbons (Fsp3) is 0.357. The minimum absolute atomic E-state index is 0.110.